The van der Waals surface area contributed by atoms with Crippen LogP contribution in [0.3, 0.4) is 0 Å². The predicted molar refractivity (Wildman–Crippen MR) is 78.5 cm³/mol. The van der Waals surface area contributed by atoms with Gasteiger partial charge in [0.05, 0.1) is 5.25 Å². The number of unbranched alkanes of at least 4 members (excludes halogenated alkanes) is 3. The Balaban J connectivity index is 3.37. The molecule has 2 nitrogen and oxygen atoms in total. The molecule has 1 N–H and O–H groups in total. The van der Waals surface area contributed by atoms with Crippen LogP contribution in [-0.2, 0) is 4.79 Å². The second-order valence-corrected chi connectivity index (χ2v) is 6.13. The van der Waals surface area contributed by atoms with Gasteiger partial charge in [0.25, 0.3) is 0 Å². The molecule has 0 aliphatic heterocycles. The van der Waals surface area contributed by atoms with Gasteiger partial charge in [-0.1, -0.05) is 53.4 Å². The third kappa shape index (κ3) is 9.51. The number of nitrogens with one attached hydrogen (secondary N) is 1. The highest BCUT2D eigenvalue weighted by Gasteiger charge is 2.16. The maximum absolute atomic E-state index is 11.6. The van der Waals surface area contributed by atoms with Crippen molar-refractivity contribution in [2.45, 2.75) is 65.0 Å². The maximum atomic E-state index is 11.6. The molecule has 0 aromatic rings. The summed E-state index contributed by atoms with van der Waals surface area (Å²) >= 11 is 4.29. The zero-order chi connectivity index (χ0) is 13.3. The van der Waals surface area contributed by atoms with Crippen LogP contribution in [-0.4, -0.2) is 17.7 Å². The first kappa shape index (κ1) is 16.8. The number of carbonyl (C=O) groups excluding carboxylic acids is 1. The number of hydrogen-bond acceptors (Lipinski definition) is 2. The van der Waals surface area contributed by atoms with Gasteiger partial charge in [-0.2, -0.15) is 12.6 Å². The second kappa shape index (κ2) is 9.81. The predicted octanol–water partition coefficient (Wildman–Crippen LogP) is 3.66. The molecule has 0 aliphatic carbocycles. The van der Waals surface area contributed by atoms with Crippen molar-refractivity contribution in [3.05, 3.63) is 0 Å². The average molecular weight is 259 g/mol. The Morgan fingerprint density at radius 3 is 2.18 bits per heavy atom. The molecule has 0 aliphatic rings. The minimum absolute atomic E-state index is 0.0745. The van der Waals surface area contributed by atoms with Crippen molar-refractivity contribution in [3.63, 3.8) is 0 Å². The van der Waals surface area contributed by atoms with E-state index >= 15 is 0 Å². The van der Waals surface area contributed by atoms with E-state index in [1.807, 2.05) is 13.8 Å². The molecule has 0 saturated carbocycles. The summed E-state index contributed by atoms with van der Waals surface area (Å²) in [5.41, 5.74) is 0. The molecule has 0 rings (SSSR count). The fourth-order valence-electron chi connectivity index (χ4n) is 1.65. The van der Waals surface area contributed by atoms with E-state index in [1.54, 1.807) is 0 Å². The van der Waals surface area contributed by atoms with Gasteiger partial charge in [-0.05, 0) is 18.3 Å². The molecule has 0 aromatic carbocycles. The van der Waals surface area contributed by atoms with E-state index < -0.39 is 0 Å². The van der Waals surface area contributed by atoms with Gasteiger partial charge >= 0.3 is 0 Å². The zero-order valence-corrected chi connectivity index (χ0v) is 12.7. The van der Waals surface area contributed by atoms with E-state index in [0.29, 0.717) is 5.92 Å². The fraction of sp³-hybridized carbons (Fsp3) is 0.929. The van der Waals surface area contributed by atoms with Crippen LogP contribution in [0.4, 0.5) is 0 Å². The van der Waals surface area contributed by atoms with Gasteiger partial charge in [0.1, 0.15) is 0 Å². The normalized spacial score (nSPS) is 13.1. The molecule has 0 heterocycles. The van der Waals surface area contributed by atoms with Crippen molar-refractivity contribution in [1.82, 2.24) is 5.32 Å². The maximum Gasteiger partial charge on any atom is 0.233 e. The molecule has 0 saturated heterocycles. The van der Waals surface area contributed by atoms with E-state index in [4.69, 9.17) is 0 Å². The van der Waals surface area contributed by atoms with E-state index in [2.05, 4.69) is 31.8 Å². The number of hydrogen-bond donors (Lipinski definition) is 2. The largest absolute Gasteiger partial charge is 0.355 e. The summed E-state index contributed by atoms with van der Waals surface area (Å²) in [5.74, 6) is 1.18. The molecule has 1 unspecified atom stereocenters. The van der Waals surface area contributed by atoms with E-state index in [1.165, 1.54) is 25.7 Å². The van der Waals surface area contributed by atoms with Gasteiger partial charge in [0.2, 0.25) is 5.91 Å². The minimum atomic E-state index is -0.170. The molecule has 0 spiro atoms. The second-order valence-electron chi connectivity index (χ2n) is 5.58. The van der Waals surface area contributed by atoms with Crippen LogP contribution in [0.2, 0.25) is 0 Å². The van der Waals surface area contributed by atoms with Crippen molar-refractivity contribution >= 4 is 18.5 Å². The Morgan fingerprint density at radius 2 is 1.65 bits per heavy atom. The van der Waals surface area contributed by atoms with Gasteiger partial charge in [0, 0.05) is 6.54 Å². The Hall–Kier alpha value is -0.180. The molecule has 0 bridgehead atoms. The SMILES string of the molecule is CC(C)CCCCCCNC(=O)C(S)C(C)C. The summed E-state index contributed by atoms with van der Waals surface area (Å²) in [6.07, 6.45) is 6.21. The molecule has 102 valence electrons. The molecule has 1 atom stereocenters. The Labute approximate surface area is 112 Å². The fourth-order valence-corrected chi connectivity index (χ4v) is 1.74. The monoisotopic (exact) mass is 259 g/mol. The summed E-state index contributed by atoms with van der Waals surface area (Å²) in [7, 11) is 0. The molecular weight excluding hydrogens is 230 g/mol. The van der Waals surface area contributed by atoms with E-state index in [-0.39, 0.29) is 11.2 Å². The summed E-state index contributed by atoms with van der Waals surface area (Å²) < 4.78 is 0. The Morgan fingerprint density at radius 1 is 1.06 bits per heavy atom. The highest BCUT2D eigenvalue weighted by molar-refractivity contribution is 7.81. The van der Waals surface area contributed by atoms with Crippen LogP contribution in [0.25, 0.3) is 0 Å². The van der Waals surface area contributed by atoms with Crippen molar-refractivity contribution in [2.24, 2.45) is 11.8 Å². The number of amides is 1. The van der Waals surface area contributed by atoms with Crippen LogP contribution in [0, 0.1) is 11.8 Å². The quantitative estimate of drug-likeness (QED) is 0.480. The van der Waals surface area contributed by atoms with E-state index in [9.17, 15) is 4.79 Å². The lowest BCUT2D eigenvalue weighted by atomic mass is 10.0. The lowest BCUT2D eigenvalue weighted by molar-refractivity contribution is -0.121. The molecule has 3 heteroatoms. The van der Waals surface area contributed by atoms with Crippen molar-refractivity contribution in [1.29, 1.82) is 0 Å². The van der Waals surface area contributed by atoms with Crippen molar-refractivity contribution in [3.8, 4) is 0 Å². The molecule has 0 aromatic heterocycles. The van der Waals surface area contributed by atoms with E-state index in [0.717, 1.165) is 18.9 Å². The lowest BCUT2D eigenvalue weighted by Gasteiger charge is -2.14. The zero-order valence-electron chi connectivity index (χ0n) is 11.8. The minimum Gasteiger partial charge on any atom is -0.355 e. The molecule has 0 radical (unpaired) electrons. The topological polar surface area (TPSA) is 29.1 Å². The van der Waals surface area contributed by atoms with Gasteiger partial charge in [-0.3, -0.25) is 4.79 Å². The third-order valence-electron chi connectivity index (χ3n) is 2.91. The average Bonchev–Trinajstić information content (AvgIpc) is 2.25. The van der Waals surface area contributed by atoms with Crippen molar-refractivity contribution in [2.75, 3.05) is 6.54 Å². The smallest absolute Gasteiger partial charge is 0.233 e. The summed E-state index contributed by atoms with van der Waals surface area (Å²) in [5, 5.41) is 2.78. The summed E-state index contributed by atoms with van der Waals surface area (Å²) in [4.78, 5) is 11.6. The lowest BCUT2D eigenvalue weighted by Crippen LogP contribution is -2.34. The van der Waals surface area contributed by atoms with Gasteiger partial charge < -0.3 is 5.32 Å². The molecule has 17 heavy (non-hydrogen) atoms. The first-order chi connectivity index (χ1) is 7.95. The van der Waals surface area contributed by atoms with Crippen LogP contribution >= 0.6 is 12.6 Å². The number of thiol groups is 1. The molecule has 1 amide bonds. The van der Waals surface area contributed by atoms with Gasteiger partial charge in [0.15, 0.2) is 0 Å². The molecular formula is C14H29NOS. The van der Waals surface area contributed by atoms with Gasteiger partial charge in [-0.25, -0.2) is 0 Å². The summed E-state index contributed by atoms with van der Waals surface area (Å²) in [6, 6.07) is 0. The standard InChI is InChI=1S/C14H29NOS/c1-11(2)9-7-5-6-8-10-15-14(16)13(17)12(3)4/h11-13,17H,5-10H2,1-4H3,(H,15,16). The van der Waals surface area contributed by atoms with Crippen LogP contribution in [0.1, 0.15) is 59.8 Å². The Kier molecular flexibility index (Phi) is 9.71. The first-order valence-electron chi connectivity index (χ1n) is 6.91. The summed E-state index contributed by atoms with van der Waals surface area (Å²) in [6.45, 7) is 9.36. The Bertz CT molecular complexity index is 204. The number of rotatable bonds is 9. The highest BCUT2D eigenvalue weighted by Crippen LogP contribution is 2.10. The van der Waals surface area contributed by atoms with Crippen LogP contribution in [0.15, 0.2) is 0 Å². The highest BCUT2D eigenvalue weighted by atomic mass is 32.1. The van der Waals surface area contributed by atoms with Crippen LogP contribution in [0.5, 0.6) is 0 Å². The first-order valence-corrected chi connectivity index (χ1v) is 7.42. The van der Waals surface area contributed by atoms with Gasteiger partial charge in [-0.15, -0.1) is 0 Å². The molecule has 0 fully saturated rings. The van der Waals surface area contributed by atoms with Crippen LogP contribution < -0.4 is 5.32 Å². The van der Waals surface area contributed by atoms with Crippen molar-refractivity contribution < 1.29 is 4.79 Å². The third-order valence-corrected chi connectivity index (χ3v) is 3.74. The number of carbonyl (C=O) groups is 1.